The van der Waals surface area contributed by atoms with Crippen LogP contribution in [0.2, 0.25) is 0 Å². The predicted octanol–water partition coefficient (Wildman–Crippen LogP) is 4.63. The minimum Gasteiger partial charge on any atom is -0.503 e. The summed E-state index contributed by atoms with van der Waals surface area (Å²) >= 11 is 0. The normalized spacial score (nSPS) is 11.3. The van der Waals surface area contributed by atoms with Crippen molar-refractivity contribution in [2.45, 2.75) is 20.5 Å². The quantitative estimate of drug-likeness (QED) is 0.386. The van der Waals surface area contributed by atoms with E-state index in [0.29, 0.717) is 22.7 Å². The second-order valence-corrected chi connectivity index (χ2v) is 6.62. The highest BCUT2D eigenvalue weighted by Crippen LogP contribution is 2.25. The summed E-state index contributed by atoms with van der Waals surface area (Å²) in [4.78, 5) is 12.1. The smallest absolute Gasteiger partial charge is 0.341 e. The van der Waals surface area contributed by atoms with Gasteiger partial charge in [0.15, 0.2) is 11.6 Å². The number of carbonyl (C=O) groups excluding carboxylic acids is 1. The Labute approximate surface area is 165 Å². The van der Waals surface area contributed by atoms with Crippen molar-refractivity contribution in [2.24, 2.45) is 5.92 Å². The summed E-state index contributed by atoms with van der Waals surface area (Å²) in [6, 6.07) is 12.0. The van der Waals surface area contributed by atoms with Gasteiger partial charge >= 0.3 is 5.97 Å². The van der Waals surface area contributed by atoms with E-state index in [1.807, 2.05) is 6.07 Å². The minimum absolute atomic E-state index is 0.0872. The highest BCUT2D eigenvalue weighted by atomic mass is 19.1. The number of halogens is 1. The van der Waals surface area contributed by atoms with Crippen LogP contribution < -0.4 is 10.1 Å². The molecule has 0 aliphatic carbocycles. The number of hydrogen-bond acceptors (Lipinski definition) is 5. The number of methoxy groups -OCH3 is 2. The number of hydrogen-bond donors (Lipinski definition) is 1. The fourth-order valence-corrected chi connectivity index (χ4v) is 2.56. The van der Waals surface area contributed by atoms with Gasteiger partial charge in [-0.1, -0.05) is 38.1 Å². The van der Waals surface area contributed by atoms with Crippen LogP contribution in [0.4, 0.5) is 10.1 Å². The third-order valence-electron chi connectivity index (χ3n) is 3.98. The first kappa shape index (κ1) is 21.3. The molecule has 0 saturated heterocycles. The van der Waals surface area contributed by atoms with E-state index in [2.05, 4.69) is 19.2 Å². The van der Waals surface area contributed by atoms with Gasteiger partial charge in [0.2, 0.25) is 0 Å². The van der Waals surface area contributed by atoms with E-state index in [0.717, 1.165) is 6.54 Å². The third-order valence-corrected chi connectivity index (χ3v) is 3.98. The van der Waals surface area contributed by atoms with E-state index >= 15 is 0 Å². The third kappa shape index (κ3) is 5.74. The Balaban J connectivity index is 2.17. The van der Waals surface area contributed by atoms with Crippen LogP contribution in [-0.2, 0) is 20.9 Å². The van der Waals surface area contributed by atoms with Gasteiger partial charge in [-0.2, -0.15) is 0 Å². The zero-order valence-electron chi connectivity index (χ0n) is 16.6. The van der Waals surface area contributed by atoms with Gasteiger partial charge in [-0.25, -0.2) is 9.18 Å². The van der Waals surface area contributed by atoms with Gasteiger partial charge in [0.1, 0.15) is 12.2 Å². The van der Waals surface area contributed by atoms with E-state index in [9.17, 15) is 9.18 Å². The molecule has 0 fully saturated rings. The van der Waals surface area contributed by atoms with Crippen molar-refractivity contribution >= 4 is 17.2 Å². The first-order valence-electron chi connectivity index (χ1n) is 9.02. The van der Waals surface area contributed by atoms with Gasteiger partial charge in [0.25, 0.3) is 0 Å². The second-order valence-electron chi connectivity index (χ2n) is 6.62. The molecule has 0 amide bonds. The van der Waals surface area contributed by atoms with Gasteiger partial charge in [0.05, 0.1) is 20.5 Å². The van der Waals surface area contributed by atoms with Gasteiger partial charge in [-0.05, 0) is 29.2 Å². The molecule has 1 N–H and O–H groups in total. The zero-order valence-corrected chi connectivity index (χ0v) is 16.6. The number of esters is 1. The lowest BCUT2D eigenvalue weighted by Crippen LogP contribution is -2.09. The number of rotatable bonds is 9. The van der Waals surface area contributed by atoms with Crippen molar-refractivity contribution in [1.29, 1.82) is 0 Å². The molecule has 0 atom stereocenters. The second kappa shape index (κ2) is 10.3. The highest BCUT2D eigenvalue weighted by molar-refractivity contribution is 6.16. The largest absolute Gasteiger partial charge is 0.503 e. The fourth-order valence-electron chi connectivity index (χ4n) is 2.56. The Hall–Kier alpha value is -3.02. The Morgan fingerprint density at radius 1 is 1.18 bits per heavy atom. The summed E-state index contributed by atoms with van der Waals surface area (Å²) in [7, 11) is 2.75. The maximum absolute atomic E-state index is 14.4. The molecule has 0 bridgehead atoms. The monoisotopic (exact) mass is 387 g/mol. The van der Waals surface area contributed by atoms with Crippen molar-refractivity contribution in [2.75, 3.05) is 26.1 Å². The van der Waals surface area contributed by atoms with Crippen LogP contribution in [-0.4, -0.2) is 26.7 Å². The molecule has 0 heterocycles. The van der Waals surface area contributed by atoms with Crippen molar-refractivity contribution in [3.8, 4) is 5.75 Å². The lowest BCUT2D eigenvalue weighted by molar-refractivity contribution is -0.133. The Morgan fingerprint density at radius 3 is 2.57 bits per heavy atom. The summed E-state index contributed by atoms with van der Waals surface area (Å²) < 4.78 is 29.8. The zero-order chi connectivity index (χ0) is 20.5. The molecular formula is C22H26FNO4. The number of carbonyl (C=O) groups is 1. The Morgan fingerprint density at radius 2 is 1.93 bits per heavy atom. The van der Waals surface area contributed by atoms with Crippen molar-refractivity contribution in [3.05, 3.63) is 65.7 Å². The standard InChI is InChI=1S/C22H26FNO4/c1-15(2)12-24-17-9-10-21(20(23)11-17)28-13-16-7-5-6-8-18(16)19(14-26-3)22(25)27-4/h5-11,14-15,24H,12-13H2,1-4H3. The van der Waals surface area contributed by atoms with Crippen molar-refractivity contribution < 1.29 is 23.4 Å². The summed E-state index contributed by atoms with van der Waals surface area (Å²) in [5, 5.41) is 3.17. The molecule has 0 saturated carbocycles. The van der Waals surface area contributed by atoms with Gasteiger partial charge in [-0.3, -0.25) is 0 Å². The molecule has 0 aliphatic heterocycles. The first-order chi connectivity index (χ1) is 13.5. The van der Waals surface area contributed by atoms with Gasteiger partial charge in [0, 0.05) is 18.3 Å². The van der Waals surface area contributed by atoms with E-state index in [1.54, 1.807) is 30.3 Å². The van der Waals surface area contributed by atoms with Crippen molar-refractivity contribution in [1.82, 2.24) is 0 Å². The van der Waals surface area contributed by atoms with Crippen LogP contribution in [0.3, 0.4) is 0 Å². The fraction of sp³-hybridized carbons (Fsp3) is 0.318. The molecule has 2 rings (SSSR count). The maximum atomic E-state index is 14.4. The molecule has 28 heavy (non-hydrogen) atoms. The molecule has 2 aromatic rings. The summed E-state index contributed by atoms with van der Waals surface area (Å²) in [6.45, 7) is 5.01. The molecule has 0 aromatic heterocycles. The first-order valence-corrected chi connectivity index (χ1v) is 9.02. The molecule has 150 valence electrons. The average molecular weight is 387 g/mol. The summed E-state index contributed by atoms with van der Waals surface area (Å²) in [5.74, 6) is -0.382. The molecule has 5 nitrogen and oxygen atoms in total. The molecular weight excluding hydrogens is 361 g/mol. The topological polar surface area (TPSA) is 56.8 Å². The Kier molecular flexibility index (Phi) is 7.87. The van der Waals surface area contributed by atoms with Crippen LogP contribution in [0.1, 0.15) is 25.0 Å². The van der Waals surface area contributed by atoms with Crippen LogP contribution in [0.15, 0.2) is 48.7 Å². The predicted molar refractivity (Wildman–Crippen MR) is 108 cm³/mol. The van der Waals surface area contributed by atoms with Crippen LogP contribution in [0.5, 0.6) is 5.75 Å². The van der Waals surface area contributed by atoms with E-state index in [4.69, 9.17) is 14.2 Å². The van der Waals surface area contributed by atoms with Gasteiger partial charge in [-0.15, -0.1) is 0 Å². The van der Waals surface area contributed by atoms with Crippen molar-refractivity contribution in [3.63, 3.8) is 0 Å². The maximum Gasteiger partial charge on any atom is 0.341 e. The molecule has 0 unspecified atom stereocenters. The summed E-state index contributed by atoms with van der Waals surface area (Å²) in [6.07, 6.45) is 1.32. The molecule has 2 aromatic carbocycles. The lowest BCUT2D eigenvalue weighted by atomic mass is 10.0. The number of nitrogens with one attached hydrogen (secondary N) is 1. The number of ether oxygens (including phenoxy) is 3. The molecule has 0 aliphatic rings. The molecule has 0 radical (unpaired) electrons. The lowest BCUT2D eigenvalue weighted by Gasteiger charge is -2.14. The average Bonchev–Trinajstić information content (AvgIpc) is 2.69. The SMILES string of the molecule is COC=C(C(=O)OC)c1ccccc1COc1ccc(NCC(C)C)cc1F. The van der Waals surface area contributed by atoms with E-state index in [1.165, 1.54) is 26.5 Å². The van der Waals surface area contributed by atoms with Gasteiger partial charge < -0.3 is 19.5 Å². The molecule has 0 spiro atoms. The molecule has 6 heteroatoms. The van der Waals surface area contributed by atoms with E-state index in [-0.39, 0.29) is 17.9 Å². The Bertz CT molecular complexity index is 833. The van der Waals surface area contributed by atoms with E-state index < -0.39 is 11.8 Å². The minimum atomic E-state index is -0.527. The summed E-state index contributed by atoms with van der Waals surface area (Å²) in [5.41, 5.74) is 2.28. The van der Waals surface area contributed by atoms with Crippen LogP contribution in [0, 0.1) is 11.7 Å². The van der Waals surface area contributed by atoms with Crippen LogP contribution >= 0.6 is 0 Å². The highest BCUT2D eigenvalue weighted by Gasteiger charge is 2.17. The van der Waals surface area contributed by atoms with Crippen LogP contribution in [0.25, 0.3) is 5.57 Å². The number of benzene rings is 2. The number of anilines is 1.